The predicted octanol–water partition coefficient (Wildman–Crippen LogP) is 4.31. The number of thiophene rings is 1. The summed E-state index contributed by atoms with van der Waals surface area (Å²) in [6.07, 6.45) is 1.56. The van der Waals surface area contributed by atoms with Gasteiger partial charge in [0.2, 0.25) is 0 Å². The lowest BCUT2D eigenvalue weighted by atomic mass is 10.2. The number of pyridine rings is 1. The molecule has 2 aromatic heterocycles. The van der Waals surface area contributed by atoms with E-state index in [0.29, 0.717) is 10.7 Å². The van der Waals surface area contributed by atoms with Gasteiger partial charge in [0, 0.05) is 16.3 Å². The number of aromatic nitrogens is 1. The molecule has 100 valence electrons. The van der Waals surface area contributed by atoms with E-state index < -0.39 is 5.97 Å². The van der Waals surface area contributed by atoms with Gasteiger partial charge >= 0.3 is 5.97 Å². The summed E-state index contributed by atoms with van der Waals surface area (Å²) in [6, 6.07) is 13.0. The average Bonchev–Trinajstić information content (AvgIpc) is 2.83. The molecule has 0 amide bonds. The van der Waals surface area contributed by atoms with Gasteiger partial charge in [-0.3, -0.25) is 0 Å². The highest BCUT2D eigenvalue weighted by Gasteiger charge is 2.13. The summed E-state index contributed by atoms with van der Waals surface area (Å²) in [4.78, 5) is 16.6. The molecule has 0 saturated carbocycles. The first-order valence-electron chi connectivity index (χ1n) is 6.00. The van der Waals surface area contributed by atoms with Crippen LogP contribution in [0.25, 0.3) is 10.1 Å². The second-order valence-corrected chi connectivity index (χ2v) is 5.64. The van der Waals surface area contributed by atoms with Crippen LogP contribution in [0.4, 0.5) is 0 Å². The molecule has 20 heavy (non-hydrogen) atoms. The summed E-state index contributed by atoms with van der Waals surface area (Å²) < 4.78 is 6.33. The van der Waals surface area contributed by atoms with Gasteiger partial charge in [-0.1, -0.05) is 35.9 Å². The van der Waals surface area contributed by atoms with Crippen LogP contribution in [0.2, 0.25) is 5.02 Å². The van der Waals surface area contributed by atoms with E-state index in [2.05, 4.69) is 4.98 Å². The smallest absolute Gasteiger partial charge is 0.357 e. The largest absolute Gasteiger partial charge is 0.455 e. The summed E-state index contributed by atoms with van der Waals surface area (Å²) in [6.45, 7) is 0.160. The van der Waals surface area contributed by atoms with Gasteiger partial charge in [-0.25, -0.2) is 9.78 Å². The molecule has 0 bridgehead atoms. The standard InChI is InChI=1S/C15H10ClNO2S/c16-14-10-5-1-2-7-12(10)20-13(14)9-19-15(18)11-6-3-4-8-17-11/h1-8H,9H2. The molecule has 0 radical (unpaired) electrons. The van der Waals surface area contributed by atoms with Gasteiger partial charge in [-0.15, -0.1) is 11.3 Å². The highest BCUT2D eigenvalue weighted by atomic mass is 35.5. The zero-order valence-corrected chi connectivity index (χ0v) is 11.9. The number of halogens is 1. The minimum atomic E-state index is -0.445. The molecule has 3 aromatic rings. The maximum Gasteiger partial charge on any atom is 0.357 e. The third-order valence-corrected chi connectivity index (χ3v) is 4.50. The Kier molecular flexibility index (Phi) is 3.67. The first kappa shape index (κ1) is 13.1. The van der Waals surface area contributed by atoms with Gasteiger partial charge < -0.3 is 4.74 Å². The van der Waals surface area contributed by atoms with E-state index in [1.54, 1.807) is 24.4 Å². The van der Waals surface area contributed by atoms with Crippen molar-refractivity contribution in [2.45, 2.75) is 6.61 Å². The van der Waals surface area contributed by atoms with Gasteiger partial charge in [0.1, 0.15) is 12.3 Å². The first-order chi connectivity index (χ1) is 9.75. The molecule has 0 spiro atoms. The van der Waals surface area contributed by atoms with Crippen molar-refractivity contribution in [3.8, 4) is 0 Å². The molecular weight excluding hydrogens is 294 g/mol. The quantitative estimate of drug-likeness (QED) is 0.677. The van der Waals surface area contributed by atoms with Gasteiger partial charge in [0.25, 0.3) is 0 Å². The Hall–Kier alpha value is -1.91. The van der Waals surface area contributed by atoms with Crippen LogP contribution in [-0.2, 0) is 11.3 Å². The van der Waals surface area contributed by atoms with Gasteiger partial charge in [-0.2, -0.15) is 0 Å². The van der Waals surface area contributed by atoms with Crippen molar-refractivity contribution in [2.24, 2.45) is 0 Å². The lowest BCUT2D eigenvalue weighted by Crippen LogP contribution is -2.06. The topological polar surface area (TPSA) is 39.2 Å². The number of nitrogens with zero attached hydrogens (tertiary/aromatic N) is 1. The van der Waals surface area contributed by atoms with Crippen LogP contribution in [0.1, 0.15) is 15.4 Å². The number of ether oxygens (including phenoxy) is 1. The first-order valence-corrected chi connectivity index (χ1v) is 7.19. The molecule has 3 nitrogen and oxygen atoms in total. The Balaban J connectivity index is 1.77. The lowest BCUT2D eigenvalue weighted by Gasteiger charge is -2.02. The molecule has 0 atom stereocenters. The Morgan fingerprint density at radius 1 is 1.20 bits per heavy atom. The van der Waals surface area contributed by atoms with Crippen molar-refractivity contribution in [3.05, 3.63) is 64.3 Å². The minimum Gasteiger partial charge on any atom is -0.455 e. The summed E-state index contributed by atoms with van der Waals surface area (Å²) in [5.41, 5.74) is 0.296. The molecule has 3 rings (SSSR count). The monoisotopic (exact) mass is 303 g/mol. The van der Waals surface area contributed by atoms with E-state index in [1.165, 1.54) is 11.3 Å². The Morgan fingerprint density at radius 2 is 2.00 bits per heavy atom. The molecule has 0 aliphatic rings. The van der Waals surface area contributed by atoms with Crippen LogP contribution < -0.4 is 0 Å². The number of carbonyl (C=O) groups is 1. The van der Waals surface area contributed by atoms with Crippen molar-refractivity contribution < 1.29 is 9.53 Å². The van der Waals surface area contributed by atoms with E-state index >= 15 is 0 Å². The summed E-state index contributed by atoms with van der Waals surface area (Å²) in [7, 11) is 0. The Bertz CT molecular complexity index is 755. The molecule has 2 heterocycles. The predicted molar refractivity (Wildman–Crippen MR) is 80.2 cm³/mol. The number of carbonyl (C=O) groups excluding carboxylic acids is 1. The van der Waals surface area contributed by atoms with Crippen LogP contribution in [0.15, 0.2) is 48.7 Å². The van der Waals surface area contributed by atoms with Crippen LogP contribution >= 0.6 is 22.9 Å². The summed E-state index contributed by atoms with van der Waals surface area (Å²) >= 11 is 7.82. The van der Waals surface area contributed by atoms with E-state index in [1.807, 2.05) is 24.3 Å². The maximum absolute atomic E-state index is 11.8. The lowest BCUT2D eigenvalue weighted by molar-refractivity contribution is 0.0470. The SMILES string of the molecule is O=C(OCc1sc2ccccc2c1Cl)c1ccccn1. The molecule has 0 unspecified atom stereocenters. The van der Waals surface area contributed by atoms with Crippen molar-refractivity contribution in [3.63, 3.8) is 0 Å². The van der Waals surface area contributed by atoms with Crippen molar-refractivity contribution in [2.75, 3.05) is 0 Å². The highest BCUT2D eigenvalue weighted by Crippen LogP contribution is 2.35. The molecular formula is C15H10ClNO2S. The number of hydrogen-bond donors (Lipinski definition) is 0. The Labute approximate surface area is 124 Å². The third kappa shape index (κ3) is 2.53. The number of benzene rings is 1. The van der Waals surface area contributed by atoms with E-state index in [-0.39, 0.29) is 6.61 Å². The number of hydrogen-bond acceptors (Lipinski definition) is 4. The van der Waals surface area contributed by atoms with Gasteiger partial charge in [-0.05, 0) is 18.2 Å². The molecule has 0 N–H and O–H groups in total. The molecule has 0 aliphatic carbocycles. The molecule has 0 aliphatic heterocycles. The summed E-state index contributed by atoms with van der Waals surface area (Å²) in [5.74, 6) is -0.445. The molecule has 5 heteroatoms. The minimum absolute atomic E-state index is 0.160. The molecule has 0 fully saturated rings. The average molecular weight is 304 g/mol. The van der Waals surface area contributed by atoms with Crippen molar-refractivity contribution >= 4 is 39.0 Å². The van der Waals surface area contributed by atoms with Crippen LogP contribution in [0, 0.1) is 0 Å². The van der Waals surface area contributed by atoms with Crippen LogP contribution in [-0.4, -0.2) is 11.0 Å². The second-order valence-electron chi connectivity index (χ2n) is 4.13. The summed E-state index contributed by atoms with van der Waals surface area (Å²) in [5, 5.41) is 1.64. The Morgan fingerprint density at radius 3 is 2.75 bits per heavy atom. The normalized spacial score (nSPS) is 10.7. The fourth-order valence-corrected chi connectivity index (χ4v) is 3.25. The zero-order chi connectivity index (χ0) is 13.9. The number of fused-ring (bicyclic) bond motifs is 1. The highest BCUT2D eigenvalue weighted by molar-refractivity contribution is 7.19. The van der Waals surface area contributed by atoms with Gasteiger partial charge in [0.15, 0.2) is 0 Å². The fourth-order valence-electron chi connectivity index (χ4n) is 1.85. The van der Waals surface area contributed by atoms with E-state index in [9.17, 15) is 4.79 Å². The molecule has 1 aromatic carbocycles. The van der Waals surface area contributed by atoms with Crippen LogP contribution in [0.3, 0.4) is 0 Å². The molecule has 0 saturated heterocycles. The number of rotatable bonds is 3. The van der Waals surface area contributed by atoms with E-state index in [0.717, 1.165) is 15.0 Å². The third-order valence-electron chi connectivity index (χ3n) is 2.81. The van der Waals surface area contributed by atoms with Crippen LogP contribution in [0.5, 0.6) is 0 Å². The van der Waals surface area contributed by atoms with Crippen molar-refractivity contribution in [1.82, 2.24) is 4.98 Å². The van der Waals surface area contributed by atoms with E-state index in [4.69, 9.17) is 16.3 Å². The zero-order valence-electron chi connectivity index (χ0n) is 10.4. The van der Waals surface area contributed by atoms with Gasteiger partial charge in [0.05, 0.1) is 9.90 Å². The number of esters is 1. The maximum atomic E-state index is 11.8. The fraction of sp³-hybridized carbons (Fsp3) is 0.0667. The van der Waals surface area contributed by atoms with Crippen molar-refractivity contribution in [1.29, 1.82) is 0 Å². The second kappa shape index (κ2) is 5.61.